The van der Waals surface area contributed by atoms with Crippen molar-refractivity contribution in [2.75, 3.05) is 50.8 Å². The van der Waals surface area contributed by atoms with Crippen LogP contribution in [0.15, 0.2) is 24.3 Å². The van der Waals surface area contributed by atoms with Crippen molar-refractivity contribution in [1.29, 1.82) is 0 Å². The molecular weight excluding hydrogens is 250 g/mol. The highest BCUT2D eigenvalue weighted by molar-refractivity contribution is 5.51. The van der Waals surface area contributed by atoms with Crippen LogP contribution in [0.1, 0.15) is 19.8 Å². The van der Waals surface area contributed by atoms with Crippen molar-refractivity contribution in [2.45, 2.75) is 19.8 Å². The Kier molecular flexibility index (Phi) is 6.15. The number of hydrogen-bond donors (Lipinski definition) is 1. The summed E-state index contributed by atoms with van der Waals surface area (Å²) in [5.74, 6) is 0.968. The lowest BCUT2D eigenvalue weighted by Gasteiger charge is -2.36. The molecule has 1 aliphatic heterocycles. The van der Waals surface area contributed by atoms with Gasteiger partial charge in [-0.25, -0.2) is 0 Å². The van der Waals surface area contributed by atoms with E-state index in [1.165, 1.54) is 18.7 Å². The highest BCUT2D eigenvalue weighted by Crippen LogP contribution is 2.22. The Bertz CT molecular complexity index is 389. The third kappa shape index (κ3) is 4.39. The molecule has 0 atom stereocenters. The summed E-state index contributed by atoms with van der Waals surface area (Å²) in [5.41, 5.74) is 6.82. The smallest absolute Gasteiger partial charge is 0.121 e. The molecule has 0 saturated carbocycles. The summed E-state index contributed by atoms with van der Waals surface area (Å²) in [6.07, 6.45) is 2.35. The topological polar surface area (TPSA) is 41.7 Å². The summed E-state index contributed by atoms with van der Waals surface area (Å²) in [5, 5.41) is 0. The molecule has 1 aromatic rings. The van der Waals surface area contributed by atoms with Crippen LogP contribution in [0, 0.1) is 0 Å². The highest BCUT2D eigenvalue weighted by atomic mass is 16.5. The summed E-state index contributed by atoms with van der Waals surface area (Å²) in [6, 6.07) is 8.42. The average molecular weight is 277 g/mol. The lowest BCUT2D eigenvalue weighted by Crippen LogP contribution is -2.46. The second-order valence-electron chi connectivity index (χ2n) is 5.25. The van der Waals surface area contributed by atoms with E-state index in [0.717, 1.165) is 51.5 Å². The van der Waals surface area contributed by atoms with Crippen LogP contribution in [0.3, 0.4) is 0 Å². The Balaban J connectivity index is 1.82. The Labute approximate surface area is 122 Å². The molecule has 4 heteroatoms. The van der Waals surface area contributed by atoms with Gasteiger partial charge in [0.25, 0.3) is 0 Å². The van der Waals surface area contributed by atoms with Crippen LogP contribution in [-0.4, -0.2) is 50.8 Å². The normalized spacial score (nSPS) is 16.4. The molecule has 0 spiro atoms. The second kappa shape index (κ2) is 8.12. The van der Waals surface area contributed by atoms with Gasteiger partial charge in [-0.2, -0.15) is 0 Å². The fourth-order valence-electron chi connectivity index (χ4n) is 2.65. The number of anilines is 1. The first-order valence-electron chi connectivity index (χ1n) is 7.73. The van der Waals surface area contributed by atoms with E-state index < -0.39 is 0 Å². The van der Waals surface area contributed by atoms with Gasteiger partial charge in [0, 0.05) is 37.9 Å². The summed E-state index contributed by atoms with van der Waals surface area (Å²) in [7, 11) is 0. The zero-order valence-electron chi connectivity index (χ0n) is 12.6. The maximum Gasteiger partial charge on any atom is 0.121 e. The summed E-state index contributed by atoms with van der Waals surface area (Å²) < 4.78 is 5.57. The van der Waals surface area contributed by atoms with Crippen molar-refractivity contribution < 1.29 is 4.74 Å². The predicted octanol–water partition coefficient (Wildman–Crippen LogP) is 1.95. The quantitative estimate of drug-likeness (QED) is 0.774. The van der Waals surface area contributed by atoms with E-state index in [1.807, 2.05) is 13.0 Å². The first-order chi connectivity index (χ1) is 9.83. The van der Waals surface area contributed by atoms with Crippen LogP contribution >= 0.6 is 0 Å². The number of ether oxygens (including phenoxy) is 1. The molecule has 0 bridgehead atoms. The fourth-order valence-corrected chi connectivity index (χ4v) is 2.65. The molecule has 1 aromatic carbocycles. The van der Waals surface area contributed by atoms with Gasteiger partial charge in [-0.1, -0.05) is 6.07 Å². The lowest BCUT2D eigenvalue weighted by atomic mass is 10.2. The van der Waals surface area contributed by atoms with Gasteiger partial charge in [0.15, 0.2) is 0 Å². The van der Waals surface area contributed by atoms with Crippen LogP contribution in [0.5, 0.6) is 5.75 Å². The molecule has 2 rings (SSSR count). The zero-order chi connectivity index (χ0) is 14.2. The maximum absolute atomic E-state index is 5.57. The minimum Gasteiger partial charge on any atom is -0.494 e. The zero-order valence-corrected chi connectivity index (χ0v) is 12.6. The van der Waals surface area contributed by atoms with Gasteiger partial charge >= 0.3 is 0 Å². The molecule has 0 unspecified atom stereocenters. The maximum atomic E-state index is 5.57. The molecule has 1 fully saturated rings. The van der Waals surface area contributed by atoms with Gasteiger partial charge in [-0.15, -0.1) is 0 Å². The summed E-state index contributed by atoms with van der Waals surface area (Å²) in [4.78, 5) is 4.99. The lowest BCUT2D eigenvalue weighted by molar-refractivity contribution is 0.253. The van der Waals surface area contributed by atoms with Gasteiger partial charge in [-0.3, -0.25) is 4.90 Å². The second-order valence-corrected chi connectivity index (χ2v) is 5.25. The molecule has 0 aliphatic carbocycles. The first kappa shape index (κ1) is 15.1. The number of unbranched alkanes of at least 4 members (excludes halogenated alkanes) is 1. The summed E-state index contributed by atoms with van der Waals surface area (Å²) in [6.45, 7) is 9.21. The molecule has 1 heterocycles. The van der Waals surface area contributed by atoms with E-state index in [2.05, 4.69) is 28.0 Å². The third-order valence-electron chi connectivity index (χ3n) is 3.79. The largest absolute Gasteiger partial charge is 0.494 e. The molecule has 1 saturated heterocycles. The Morgan fingerprint density at radius 3 is 2.65 bits per heavy atom. The fraction of sp³-hybridized carbons (Fsp3) is 0.625. The van der Waals surface area contributed by atoms with E-state index in [4.69, 9.17) is 10.5 Å². The van der Waals surface area contributed by atoms with Crippen molar-refractivity contribution in [2.24, 2.45) is 5.73 Å². The number of nitrogens with zero attached hydrogens (tertiary/aromatic N) is 2. The van der Waals surface area contributed by atoms with Crippen molar-refractivity contribution in [1.82, 2.24) is 4.90 Å². The number of rotatable bonds is 7. The van der Waals surface area contributed by atoms with Gasteiger partial charge in [-0.05, 0) is 45.0 Å². The standard InChI is InChI=1S/C16H27N3O/c1-2-20-16-7-5-6-15(14-16)19-12-10-18(11-13-19)9-4-3-8-17/h5-7,14H,2-4,8-13,17H2,1H3. The van der Waals surface area contributed by atoms with Gasteiger partial charge in [0.2, 0.25) is 0 Å². The van der Waals surface area contributed by atoms with E-state index >= 15 is 0 Å². The minimum atomic E-state index is 0.721. The van der Waals surface area contributed by atoms with Crippen molar-refractivity contribution in [3.05, 3.63) is 24.3 Å². The third-order valence-corrected chi connectivity index (χ3v) is 3.79. The molecule has 2 N–H and O–H groups in total. The number of piperazine rings is 1. The van der Waals surface area contributed by atoms with Crippen LogP contribution in [0.25, 0.3) is 0 Å². The van der Waals surface area contributed by atoms with E-state index in [9.17, 15) is 0 Å². The molecular formula is C16H27N3O. The molecule has 4 nitrogen and oxygen atoms in total. The van der Waals surface area contributed by atoms with Crippen LogP contribution in [0.4, 0.5) is 5.69 Å². The number of benzene rings is 1. The molecule has 1 aliphatic rings. The monoisotopic (exact) mass is 277 g/mol. The van der Waals surface area contributed by atoms with E-state index in [1.54, 1.807) is 0 Å². The number of hydrogen-bond acceptors (Lipinski definition) is 4. The minimum absolute atomic E-state index is 0.721. The van der Waals surface area contributed by atoms with Crippen molar-refractivity contribution in [3.63, 3.8) is 0 Å². The SMILES string of the molecule is CCOc1cccc(N2CCN(CCCCN)CC2)c1. The van der Waals surface area contributed by atoms with Gasteiger partial charge in [0.1, 0.15) is 5.75 Å². The van der Waals surface area contributed by atoms with Crippen LogP contribution in [-0.2, 0) is 0 Å². The van der Waals surface area contributed by atoms with Gasteiger partial charge < -0.3 is 15.4 Å². The predicted molar refractivity (Wildman–Crippen MR) is 84.6 cm³/mol. The van der Waals surface area contributed by atoms with Crippen LogP contribution in [0.2, 0.25) is 0 Å². The van der Waals surface area contributed by atoms with Crippen molar-refractivity contribution in [3.8, 4) is 5.75 Å². The molecule has 20 heavy (non-hydrogen) atoms. The van der Waals surface area contributed by atoms with Crippen molar-refractivity contribution >= 4 is 5.69 Å². The van der Waals surface area contributed by atoms with E-state index in [0.29, 0.717) is 0 Å². The number of nitrogens with two attached hydrogens (primary N) is 1. The molecule has 112 valence electrons. The molecule has 0 aromatic heterocycles. The summed E-state index contributed by atoms with van der Waals surface area (Å²) >= 11 is 0. The van der Waals surface area contributed by atoms with Gasteiger partial charge in [0.05, 0.1) is 6.61 Å². The average Bonchev–Trinajstić information content (AvgIpc) is 2.49. The Morgan fingerprint density at radius 1 is 1.15 bits per heavy atom. The Morgan fingerprint density at radius 2 is 1.95 bits per heavy atom. The molecule has 0 amide bonds. The van der Waals surface area contributed by atoms with Crippen LogP contribution < -0.4 is 15.4 Å². The highest BCUT2D eigenvalue weighted by Gasteiger charge is 2.16. The first-order valence-corrected chi connectivity index (χ1v) is 7.73. The van der Waals surface area contributed by atoms with E-state index in [-0.39, 0.29) is 0 Å². The molecule has 0 radical (unpaired) electrons. The Hall–Kier alpha value is -1.26.